The number of ether oxygens (including phenoxy) is 2. The van der Waals surface area contributed by atoms with Gasteiger partial charge in [-0.2, -0.15) is 0 Å². The smallest absolute Gasteiger partial charge is 0.328 e. The summed E-state index contributed by atoms with van der Waals surface area (Å²) in [5, 5.41) is 0. The number of carbonyl (C=O) groups excluding carboxylic acids is 3. The molecule has 84 valence electrons. The molecule has 0 radical (unpaired) electrons. The van der Waals surface area contributed by atoms with Gasteiger partial charge in [0.25, 0.3) is 0 Å². The number of rotatable bonds is 3. The Labute approximate surface area is 87.1 Å². The van der Waals surface area contributed by atoms with Gasteiger partial charge in [-0.05, 0) is 6.42 Å². The maximum Gasteiger partial charge on any atom is 0.328 e. The number of carbonyl (C=O) groups is 3. The van der Waals surface area contributed by atoms with Gasteiger partial charge in [0.2, 0.25) is 5.91 Å². The molecule has 1 aliphatic rings. The number of likely N-dealkylation sites (tertiary alicyclic amines) is 1. The van der Waals surface area contributed by atoms with E-state index in [-0.39, 0.29) is 19.1 Å². The number of methoxy groups -OCH3 is 1. The van der Waals surface area contributed by atoms with Crippen molar-refractivity contribution in [1.82, 2.24) is 4.90 Å². The lowest BCUT2D eigenvalue weighted by atomic mass is 10.2. The Morgan fingerprint density at radius 1 is 1.53 bits per heavy atom. The molecule has 1 atom stereocenters. The second kappa shape index (κ2) is 4.77. The highest BCUT2D eigenvalue weighted by Gasteiger charge is 2.37. The standard InChI is InChI=1S/C9H13NO5/c1-6(11)15-5-10-7(9(13)14-2)3-4-8(10)12/h7H,3-5H2,1-2H3. The quantitative estimate of drug-likeness (QED) is 0.603. The van der Waals surface area contributed by atoms with Crippen LogP contribution >= 0.6 is 0 Å². The molecule has 0 bridgehead atoms. The van der Waals surface area contributed by atoms with Crippen molar-refractivity contribution < 1.29 is 23.9 Å². The molecule has 1 fully saturated rings. The van der Waals surface area contributed by atoms with Gasteiger partial charge in [-0.25, -0.2) is 4.79 Å². The minimum Gasteiger partial charge on any atom is -0.467 e. The molecule has 0 N–H and O–H groups in total. The number of hydrogen-bond donors (Lipinski definition) is 0. The highest BCUT2D eigenvalue weighted by Crippen LogP contribution is 2.19. The Morgan fingerprint density at radius 3 is 2.73 bits per heavy atom. The maximum atomic E-state index is 11.3. The molecule has 0 aromatic carbocycles. The predicted octanol–water partition coefficient (Wildman–Crippen LogP) is -0.329. The van der Waals surface area contributed by atoms with Gasteiger partial charge in [-0.1, -0.05) is 0 Å². The lowest BCUT2D eigenvalue weighted by Crippen LogP contribution is -2.41. The topological polar surface area (TPSA) is 72.9 Å². The number of amides is 1. The lowest BCUT2D eigenvalue weighted by molar-refractivity contribution is -0.159. The highest BCUT2D eigenvalue weighted by atomic mass is 16.5. The fourth-order valence-corrected chi connectivity index (χ4v) is 1.44. The molecule has 1 rings (SSSR count). The first-order valence-electron chi connectivity index (χ1n) is 4.57. The SMILES string of the molecule is COC(=O)C1CCC(=O)N1COC(C)=O. The molecule has 1 amide bonds. The number of hydrogen-bond acceptors (Lipinski definition) is 5. The van der Waals surface area contributed by atoms with Gasteiger partial charge in [0.1, 0.15) is 6.04 Å². The highest BCUT2D eigenvalue weighted by molar-refractivity contribution is 5.88. The molecular formula is C9H13NO5. The van der Waals surface area contributed by atoms with E-state index in [4.69, 9.17) is 0 Å². The summed E-state index contributed by atoms with van der Waals surface area (Å²) in [6.45, 7) is 1.06. The fourth-order valence-electron chi connectivity index (χ4n) is 1.44. The zero-order chi connectivity index (χ0) is 11.4. The van der Waals surface area contributed by atoms with Crippen LogP contribution in [0.15, 0.2) is 0 Å². The second-order valence-electron chi connectivity index (χ2n) is 3.21. The third kappa shape index (κ3) is 2.68. The van der Waals surface area contributed by atoms with Crippen LogP contribution in [0, 0.1) is 0 Å². The molecule has 0 aromatic heterocycles. The van der Waals surface area contributed by atoms with E-state index in [9.17, 15) is 14.4 Å². The first-order valence-corrected chi connectivity index (χ1v) is 4.57. The van der Waals surface area contributed by atoms with Crippen LogP contribution in [-0.4, -0.2) is 42.6 Å². The third-order valence-corrected chi connectivity index (χ3v) is 2.21. The van der Waals surface area contributed by atoms with E-state index in [0.717, 1.165) is 0 Å². The van der Waals surface area contributed by atoms with Crippen LogP contribution < -0.4 is 0 Å². The molecular weight excluding hydrogens is 202 g/mol. The second-order valence-corrected chi connectivity index (χ2v) is 3.21. The summed E-state index contributed by atoms with van der Waals surface area (Å²) in [4.78, 5) is 34.4. The van der Waals surface area contributed by atoms with E-state index in [1.54, 1.807) is 0 Å². The monoisotopic (exact) mass is 215 g/mol. The molecule has 1 heterocycles. The Balaban J connectivity index is 2.60. The van der Waals surface area contributed by atoms with Gasteiger partial charge < -0.3 is 9.47 Å². The van der Waals surface area contributed by atoms with Crippen LogP contribution in [0.2, 0.25) is 0 Å². The molecule has 1 unspecified atom stereocenters. The average Bonchev–Trinajstić information content (AvgIpc) is 2.55. The van der Waals surface area contributed by atoms with Crippen molar-refractivity contribution in [2.24, 2.45) is 0 Å². The summed E-state index contributed by atoms with van der Waals surface area (Å²) in [5.41, 5.74) is 0. The normalized spacial score (nSPS) is 20.3. The number of nitrogens with zero attached hydrogens (tertiary/aromatic N) is 1. The van der Waals surface area contributed by atoms with Crippen molar-refractivity contribution in [1.29, 1.82) is 0 Å². The van der Waals surface area contributed by atoms with Gasteiger partial charge in [0, 0.05) is 13.3 Å². The molecule has 0 saturated carbocycles. The summed E-state index contributed by atoms with van der Waals surface area (Å²) < 4.78 is 9.23. The van der Waals surface area contributed by atoms with Crippen molar-refractivity contribution in [2.45, 2.75) is 25.8 Å². The fraction of sp³-hybridized carbons (Fsp3) is 0.667. The van der Waals surface area contributed by atoms with Crippen molar-refractivity contribution in [3.63, 3.8) is 0 Å². The third-order valence-electron chi connectivity index (χ3n) is 2.21. The summed E-state index contributed by atoms with van der Waals surface area (Å²) in [6.07, 6.45) is 0.688. The summed E-state index contributed by atoms with van der Waals surface area (Å²) in [6, 6.07) is -0.623. The Morgan fingerprint density at radius 2 is 2.20 bits per heavy atom. The van der Waals surface area contributed by atoms with Crippen molar-refractivity contribution in [2.75, 3.05) is 13.8 Å². The largest absolute Gasteiger partial charge is 0.467 e. The van der Waals surface area contributed by atoms with Crippen LogP contribution in [0.25, 0.3) is 0 Å². The number of esters is 2. The van der Waals surface area contributed by atoms with Gasteiger partial charge in [0.15, 0.2) is 6.73 Å². The minimum atomic E-state index is -0.623. The van der Waals surface area contributed by atoms with Gasteiger partial charge >= 0.3 is 11.9 Å². The van der Waals surface area contributed by atoms with Crippen LogP contribution in [-0.2, 0) is 23.9 Å². The van der Waals surface area contributed by atoms with Crippen LogP contribution in [0.1, 0.15) is 19.8 Å². The van der Waals surface area contributed by atoms with Crippen LogP contribution in [0.5, 0.6) is 0 Å². The van der Waals surface area contributed by atoms with Crippen LogP contribution in [0.3, 0.4) is 0 Å². The van der Waals surface area contributed by atoms with Gasteiger partial charge in [-0.15, -0.1) is 0 Å². The van der Waals surface area contributed by atoms with E-state index >= 15 is 0 Å². The first kappa shape index (κ1) is 11.5. The molecule has 6 nitrogen and oxygen atoms in total. The van der Waals surface area contributed by atoms with E-state index in [2.05, 4.69) is 9.47 Å². The molecule has 6 heteroatoms. The van der Waals surface area contributed by atoms with Crippen molar-refractivity contribution in [3.05, 3.63) is 0 Å². The molecule has 0 spiro atoms. The van der Waals surface area contributed by atoms with Crippen molar-refractivity contribution in [3.8, 4) is 0 Å². The van der Waals surface area contributed by atoms with Crippen LogP contribution in [0.4, 0.5) is 0 Å². The first-order chi connectivity index (χ1) is 7.06. The Bertz CT molecular complexity index is 288. The van der Waals surface area contributed by atoms with E-state index in [1.165, 1.54) is 18.9 Å². The molecule has 15 heavy (non-hydrogen) atoms. The van der Waals surface area contributed by atoms with E-state index < -0.39 is 18.0 Å². The minimum absolute atomic E-state index is 0.187. The molecule has 1 saturated heterocycles. The van der Waals surface area contributed by atoms with Gasteiger partial charge in [0.05, 0.1) is 7.11 Å². The summed E-state index contributed by atoms with van der Waals surface area (Å²) >= 11 is 0. The lowest BCUT2D eigenvalue weighted by Gasteiger charge is -2.21. The van der Waals surface area contributed by atoms with Gasteiger partial charge in [-0.3, -0.25) is 14.5 Å². The molecule has 0 aromatic rings. The van der Waals surface area contributed by atoms with E-state index in [1.807, 2.05) is 0 Å². The zero-order valence-electron chi connectivity index (χ0n) is 8.69. The molecule has 0 aliphatic carbocycles. The average molecular weight is 215 g/mol. The Kier molecular flexibility index (Phi) is 3.65. The van der Waals surface area contributed by atoms with E-state index in [0.29, 0.717) is 6.42 Å². The summed E-state index contributed by atoms with van der Waals surface area (Å²) in [5.74, 6) is -1.17. The predicted molar refractivity (Wildman–Crippen MR) is 48.5 cm³/mol. The summed E-state index contributed by atoms with van der Waals surface area (Å²) in [7, 11) is 1.26. The maximum absolute atomic E-state index is 11.3. The Hall–Kier alpha value is -1.59. The van der Waals surface area contributed by atoms with Crippen molar-refractivity contribution >= 4 is 17.8 Å². The molecule has 1 aliphatic heterocycles. The zero-order valence-corrected chi connectivity index (χ0v) is 8.69.